The van der Waals surface area contributed by atoms with Gasteiger partial charge in [-0.3, -0.25) is 0 Å². The number of pyridine rings is 1. The molecule has 16 heavy (non-hydrogen) atoms. The molecule has 0 atom stereocenters. The van der Waals surface area contributed by atoms with E-state index in [0.29, 0.717) is 11.7 Å². The van der Waals surface area contributed by atoms with Crippen LogP contribution in [-0.2, 0) is 6.61 Å². The van der Waals surface area contributed by atoms with Crippen molar-refractivity contribution in [1.29, 1.82) is 0 Å². The second kappa shape index (κ2) is 4.45. The van der Waals surface area contributed by atoms with Crippen LogP contribution in [0.4, 0.5) is 0 Å². The van der Waals surface area contributed by atoms with E-state index in [1.54, 1.807) is 10.9 Å². The van der Waals surface area contributed by atoms with Gasteiger partial charge in [0.2, 0.25) is 0 Å². The Labute approximate surface area is 94.6 Å². The van der Waals surface area contributed by atoms with Crippen molar-refractivity contribution in [2.45, 2.75) is 26.4 Å². The first kappa shape index (κ1) is 10.8. The van der Waals surface area contributed by atoms with Gasteiger partial charge in [0.15, 0.2) is 5.82 Å². The van der Waals surface area contributed by atoms with Crippen molar-refractivity contribution < 1.29 is 5.11 Å². The van der Waals surface area contributed by atoms with Crippen LogP contribution in [0.3, 0.4) is 0 Å². The van der Waals surface area contributed by atoms with Gasteiger partial charge in [0.25, 0.3) is 0 Å². The van der Waals surface area contributed by atoms with Gasteiger partial charge in [-0.1, -0.05) is 19.9 Å². The van der Waals surface area contributed by atoms with E-state index in [1.165, 1.54) is 0 Å². The van der Waals surface area contributed by atoms with Crippen LogP contribution in [0, 0.1) is 0 Å². The zero-order valence-corrected chi connectivity index (χ0v) is 9.46. The Morgan fingerprint density at radius 3 is 2.81 bits per heavy atom. The van der Waals surface area contributed by atoms with Gasteiger partial charge in [-0.25, -0.2) is 9.67 Å². The second-order valence-corrected chi connectivity index (χ2v) is 3.98. The Hall–Kier alpha value is -1.68. The van der Waals surface area contributed by atoms with Crippen molar-refractivity contribution in [2.75, 3.05) is 0 Å². The number of hydrogen-bond acceptors (Lipinski definition) is 3. The molecule has 84 valence electrons. The summed E-state index contributed by atoms with van der Waals surface area (Å²) >= 11 is 0. The van der Waals surface area contributed by atoms with E-state index in [9.17, 15) is 5.11 Å². The molecule has 0 unspecified atom stereocenters. The topological polar surface area (TPSA) is 50.9 Å². The summed E-state index contributed by atoms with van der Waals surface area (Å²) in [7, 11) is 0. The van der Waals surface area contributed by atoms with Crippen LogP contribution in [-0.4, -0.2) is 19.9 Å². The lowest BCUT2D eigenvalue weighted by Crippen LogP contribution is -2.04. The van der Waals surface area contributed by atoms with E-state index < -0.39 is 0 Å². The summed E-state index contributed by atoms with van der Waals surface area (Å²) in [6, 6.07) is 5.63. The van der Waals surface area contributed by atoms with Gasteiger partial charge >= 0.3 is 0 Å². The molecule has 0 saturated carbocycles. The van der Waals surface area contributed by atoms with Gasteiger partial charge in [0, 0.05) is 18.0 Å². The molecule has 2 heterocycles. The predicted molar refractivity (Wildman–Crippen MR) is 61.4 cm³/mol. The molecule has 0 amide bonds. The van der Waals surface area contributed by atoms with Gasteiger partial charge in [0.05, 0.1) is 12.3 Å². The Bertz CT molecular complexity index is 477. The third-order valence-electron chi connectivity index (χ3n) is 2.46. The van der Waals surface area contributed by atoms with Crippen LogP contribution in [0.15, 0.2) is 30.6 Å². The van der Waals surface area contributed by atoms with Gasteiger partial charge in [-0.2, -0.15) is 5.10 Å². The summed E-state index contributed by atoms with van der Waals surface area (Å²) in [6.45, 7) is 4.16. The summed E-state index contributed by atoms with van der Waals surface area (Å²) in [6.07, 6.45) is 3.57. The SMILES string of the molecule is CC(C)c1ccn(-c2ncccc2CO)n1. The quantitative estimate of drug-likeness (QED) is 0.854. The molecular weight excluding hydrogens is 202 g/mol. The van der Waals surface area contributed by atoms with Crippen LogP contribution in [0.5, 0.6) is 0 Å². The minimum absolute atomic E-state index is 0.0277. The fourth-order valence-corrected chi connectivity index (χ4v) is 1.52. The first-order chi connectivity index (χ1) is 7.72. The third kappa shape index (κ3) is 1.97. The highest BCUT2D eigenvalue weighted by Crippen LogP contribution is 2.15. The Morgan fingerprint density at radius 2 is 2.19 bits per heavy atom. The van der Waals surface area contributed by atoms with E-state index in [4.69, 9.17) is 0 Å². The highest BCUT2D eigenvalue weighted by Gasteiger charge is 2.08. The molecule has 0 aromatic carbocycles. The fourth-order valence-electron chi connectivity index (χ4n) is 1.52. The zero-order chi connectivity index (χ0) is 11.5. The predicted octanol–water partition coefficient (Wildman–Crippen LogP) is 1.88. The van der Waals surface area contributed by atoms with E-state index in [0.717, 1.165) is 11.3 Å². The van der Waals surface area contributed by atoms with Crippen LogP contribution >= 0.6 is 0 Å². The molecule has 0 radical (unpaired) electrons. The standard InChI is InChI=1S/C12H15N3O/c1-9(2)11-5-7-15(14-11)12-10(8-16)4-3-6-13-12/h3-7,9,16H,8H2,1-2H3. The summed E-state index contributed by atoms with van der Waals surface area (Å²) in [5.74, 6) is 1.08. The molecule has 2 rings (SSSR count). The lowest BCUT2D eigenvalue weighted by molar-refractivity contribution is 0.281. The normalized spacial score (nSPS) is 11.0. The first-order valence-corrected chi connectivity index (χ1v) is 5.33. The summed E-state index contributed by atoms with van der Waals surface area (Å²) in [5, 5.41) is 13.6. The van der Waals surface area contributed by atoms with Gasteiger partial charge in [-0.15, -0.1) is 0 Å². The summed E-state index contributed by atoms with van der Waals surface area (Å²) in [5.41, 5.74) is 1.80. The fraction of sp³-hybridized carbons (Fsp3) is 0.333. The monoisotopic (exact) mass is 217 g/mol. The molecule has 0 spiro atoms. The minimum atomic E-state index is -0.0277. The molecule has 0 fully saturated rings. The molecule has 0 aliphatic rings. The number of aliphatic hydroxyl groups excluding tert-OH is 1. The molecular formula is C12H15N3O. The molecule has 0 aliphatic heterocycles. The molecule has 2 aromatic heterocycles. The largest absolute Gasteiger partial charge is 0.392 e. The first-order valence-electron chi connectivity index (χ1n) is 5.33. The van der Waals surface area contributed by atoms with Gasteiger partial charge < -0.3 is 5.11 Å². The minimum Gasteiger partial charge on any atom is -0.392 e. The summed E-state index contributed by atoms with van der Waals surface area (Å²) in [4.78, 5) is 4.23. The maximum Gasteiger partial charge on any atom is 0.158 e. The average molecular weight is 217 g/mol. The maximum atomic E-state index is 9.21. The smallest absolute Gasteiger partial charge is 0.158 e. The van der Waals surface area contributed by atoms with Crippen molar-refractivity contribution in [1.82, 2.24) is 14.8 Å². The van der Waals surface area contributed by atoms with Crippen molar-refractivity contribution >= 4 is 0 Å². The maximum absolute atomic E-state index is 9.21. The van der Waals surface area contributed by atoms with Gasteiger partial charge in [0.1, 0.15) is 0 Å². The number of rotatable bonds is 3. The number of aromatic nitrogens is 3. The van der Waals surface area contributed by atoms with Gasteiger partial charge in [-0.05, 0) is 18.1 Å². The Balaban J connectivity index is 2.42. The molecule has 4 heteroatoms. The molecule has 0 aliphatic carbocycles. The van der Waals surface area contributed by atoms with Crippen molar-refractivity contribution in [3.05, 3.63) is 41.9 Å². The molecule has 0 saturated heterocycles. The summed E-state index contributed by atoms with van der Waals surface area (Å²) < 4.78 is 1.71. The van der Waals surface area contributed by atoms with E-state index >= 15 is 0 Å². The van der Waals surface area contributed by atoms with E-state index in [-0.39, 0.29) is 6.61 Å². The Kier molecular flexibility index (Phi) is 3.01. The second-order valence-electron chi connectivity index (χ2n) is 3.98. The average Bonchev–Trinajstić information content (AvgIpc) is 2.78. The lowest BCUT2D eigenvalue weighted by Gasteiger charge is -2.05. The zero-order valence-electron chi connectivity index (χ0n) is 9.46. The van der Waals surface area contributed by atoms with Crippen LogP contribution in [0.2, 0.25) is 0 Å². The van der Waals surface area contributed by atoms with Crippen LogP contribution in [0.1, 0.15) is 31.0 Å². The van der Waals surface area contributed by atoms with Crippen LogP contribution < -0.4 is 0 Å². The van der Waals surface area contributed by atoms with E-state index in [2.05, 4.69) is 23.9 Å². The number of nitrogens with zero attached hydrogens (tertiary/aromatic N) is 3. The third-order valence-corrected chi connectivity index (χ3v) is 2.46. The van der Waals surface area contributed by atoms with Crippen molar-refractivity contribution in [3.8, 4) is 5.82 Å². The highest BCUT2D eigenvalue weighted by molar-refractivity contribution is 5.32. The number of hydrogen-bond donors (Lipinski definition) is 1. The van der Waals surface area contributed by atoms with E-state index in [1.807, 2.05) is 24.4 Å². The Morgan fingerprint density at radius 1 is 1.38 bits per heavy atom. The van der Waals surface area contributed by atoms with Crippen molar-refractivity contribution in [2.24, 2.45) is 0 Å². The molecule has 2 aromatic rings. The molecule has 4 nitrogen and oxygen atoms in total. The lowest BCUT2D eigenvalue weighted by atomic mass is 10.1. The molecule has 1 N–H and O–H groups in total. The molecule has 0 bridgehead atoms. The van der Waals surface area contributed by atoms with Crippen molar-refractivity contribution in [3.63, 3.8) is 0 Å². The number of aliphatic hydroxyl groups is 1. The van der Waals surface area contributed by atoms with Crippen LogP contribution in [0.25, 0.3) is 5.82 Å². The highest BCUT2D eigenvalue weighted by atomic mass is 16.3.